The van der Waals surface area contributed by atoms with Crippen LogP contribution < -0.4 is 16.0 Å². The van der Waals surface area contributed by atoms with Gasteiger partial charge in [-0.2, -0.15) is 0 Å². The van der Waals surface area contributed by atoms with E-state index in [9.17, 15) is 14.4 Å². The van der Waals surface area contributed by atoms with Crippen LogP contribution in [0.2, 0.25) is 0 Å². The molecular weight excluding hydrogens is 356 g/mol. The number of carbonyl (C=O) groups excluding carboxylic acids is 3. The first kappa shape index (κ1) is 19.5. The molecule has 0 saturated heterocycles. The summed E-state index contributed by atoms with van der Waals surface area (Å²) in [4.78, 5) is 40.3. The average Bonchev–Trinajstić information content (AvgIpc) is 2.68. The molecule has 1 saturated carbocycles. The van der Waals surface area contributed by atoms with Crippen molar-refractivity contribution < 1.29 is 14.4 Å². The van der Waals surface area contributed by atoms with Gasteiger partial charge in [-0.05, 0) is 43.2 Å². The van der Waals surface area contributed by atoms with Crippen LogP contribution in [-0.2, 0) is 4.79 Å². The molecular formula is C21H24N4O3. The number of hydrogen-bond acceptors (Lipinski definition) is 4. The fourth-order valence-corrected chi connectivity index (χ4v) is 3.27. The fraction of sp³-hybridized carbons (Fsp3) is 0.333. The fourth-order valence-electron chi connectivity index (χ4n) is 3.27. The third kappa shape index (κ3) is 5.39. The SMILES string of the molecule is CC(=O)Nc1cccc(NC(=O)c2cccc(C(=O)NC3CCCCC3)n2)c1. The molecule has 1 aliphatic carbocycles. The summed E-state index contributed by atoms with van der Waals surface area (Å²) in [7, 11) is 0. The van der Waals surface area contributed by atoms with Crippen LogP contribution in [0.4, 0.5) is 11.4 Å². The second-order valence-electron chi connectivity index (χ2n) is 6.93. The lowest BCUT2D eigenvalue weighted by Gasteiger charge is -2.22. The van der Waals surface area contributed by atoms with Gasteiger partial charge in [-0.3, -0.25) is 14.4 Å². The summed E-state index contributed by atoms with van der Waals surface area (Å²) in [6.45, 7) is 1.42. The number of amides is 3. The molecule has 146 valence electrons. The number of carbonyl (C=O) groups is 3. The first-order valence-corrected chi connectivity index (χ1v) is 9.48. The van der Waals surface area contributed by atoms with Crippen molar-refractivity contribution >= 4 is 29.1 Å². The first-order valence-electron chi connectivity index (χ1n) is 9.48. The van der Waals surface area contributed by atoms with Gasteiger partial charge >= 0.3 is 0 Å². The largest absolute Gasteiger partial charge is 0.348 e. The zero-order valence-electron chi connectivity index (χ0n) is 15.8. The Morgan fingerprint density at radius 2 is 1.46 bits per heavy atom. The molecule has 1 aromatic carbocycles. The predicted octanol–water partition coefficient (Wildman–Crippen LogP) is 3.35. The van der Waals surface area contributed by atoms with E-state index in [1.54, 1.807) is 42.5 Å². The molecule has 1 aromatic heterocycles. The maximum absolute atomic E-state index is 12.5. The Morgan fingerprint density at radius 1 is 0.857 bits per heavy atom. The van der Waals surface area contributed by atoms with Gasteiger partial charge in [0.15, 0.2) is 0 Å². The third-order valence-corrected chi connectivity index (χ3v) is 4.60. The molecule has 3 rings (SSSR count). The van der Waals surface area contributed by atoms with Gasteiger partial charge < -0.3 is 16.0 Å². The molecule has 7 heteroatoms. The van der Waals surface area contributed by atoms with Gasteiger partial charge in [-0.25, -0.2) is 4.98 Å². The van der Waals surface area contributed by atoms with Gasteiger partial charge in [0.25, 0.3) is 11.8 Å². The van der Waals surface area contributed by atoms with E-state index in [1.807, 2.05) is 0 Å². The highest BCUT2D eigenvalue weighted by atomic mass is 16.2. The van der Waals surface area contributed by atoms with Crippen molar-refractivity contribution in [3.63, 3.8) is 0 Å². The summed E-state index contributed by atoms with van der Waals surface area (Å²) < 4.78 is 0. The Bertz CT molecular complexity index is 875. The maximum atomic E-state index is 12.5. The van der Waals surface area contributed by atoms with Gasteiger partial charge in [-0.1, -0.05) is 31.4 Å². The van der Waals surface area contributed by atoms with E-state index in [0.29, 0.717) is 11.4 Å². The normalized spacial score (nSPS) is 14.2. The second-order valence-corrected chi connectivity index (χ2v) is 6.93. The molecule has 1 heterocycles. The summed E-state index contributed by atoms with van der Waals surface area (Å²) in [5.74, 6) is -0.872. The molecule has 1 aliphatic rings. The van der Waals surface area contributed by atoms with Crippen LogP contribution >= 0.6 is 0 Å². The Labute approximate surface area is 163 Å². The van der Waals surface area contributed by atoms with Crippen molar-refractivity contribution in [2.45, 2.75) is 45.1 Å². The molecule has 0 radical (unpaired) electrons. The van der Waals surface area contributed by atoms with Crippen LogP contribution in [0.3, 0.4) is 0 Å². The zero-order valence-corrected chi connectivity index (χ0v) is 15.8. The summed E-state index contributed by atoms with van der Waals surface area (Å²) in [5, 5.41) is 8.40. The molecule has 0 spiro atoms. The number of aromatic nitrogens is 1. The lowest BCUT2D eigenvalue weighted by molar-refractivity contribution is -0.114. The molecule has 1 fully saturated rings. The van der Waals surface area contributed by atoms with Gasteiger partial charge in [0.1, 0.15) is 11.4 Å². The van der Waals surface area contributed by atoms with Crippen LogP contribution in [-0.4, -0.2) is 28.7 Å². The number of rotatable bonds is 5. The molecule has 2 aromatic rings. The minimum absolute atomic E-state index is 0.154. The Hall–Kier alpha value is -3.22. The first-order chi connectivity index (χ1) is 13.5. The highest BCUT2D eigenvalue weighted by Crippen LogP contribution is 2.18. The van der Waals surface area contributed by atoms with Crippen molar-refractivity contribution in [3.05, 3.63) is 53.9 Å². The Kier molecular flexibility index (Phi) is 6.37. The number of hydrogen-bond donors (Lipinski definition) is 3. The number of benzene rings is 1. The maximum Gasteiger partial charge on any atom is 0.274 e. The average molecular weight is 380 g/mol. The quantitative estimate of drug-likeness (QED) is 0.740. The van der Waals surface area contributed by atoms with Gasteiger partial charge in [0.2, 0.25) is 5.91 Å². The summed E-state index contributed by atoms with van der Waals surface area (Å²) in [5.41, 5.74) is 1.49. The molecule has 28 heavy (non-hydrogen) atoms. The standard InChI is InChI=1S/C21H24N4O3/c1-14(26)22-16-9-5-10-17(13-16)24-21(28)19-12-6-11-18(25-19)20(27)23-15-7-3-2-4-8-15/h5-6,9-13,15H,2-4,7-8H2,1H3,(H,22,26)(H,23,27)(H,24,28). The summed E-state index contributed by atoms with van der Waals surface area (Å²) in [6.07, 6.45) is 5.42. The summed E-state index contributed by atoms with van der Waals surface area (Å²) in [6, 6.07) is 11.8. The molecule has 3 amide bonds. The van der Waals surface area contributed by atoms with E-state index in [4.69, 9.17) is 0 Å². The van der Waals surface area contributed by atoms with Crippen molar-refractivity contribution in [2.75, 3.05) is 10.6 Å². The topological polar surface area (TPSA) is 100 Å². The second kappa shape index (κ2) is 9.12. The monoisotopic (exact) mass is 380 g/mol. The molecule has 0 unspecified atom stereocenters. The van der Waals surface area contributed by atoms with Gasteiger partial charge in [0, 0.05) is 24.3 Å². The van der Waals surface area contributed by atoms with Crippen molar-refractivity contribution in [2.24, 2.45) is 0 Å². The Balaban J connectivity index is 1.66. The third-order valence-electron chi connectivity index (χ3n) is 4.60. The minimum atomic E-state index is -0.424. The molecule has 3 N–H and O–H groups in total. The van der Waals surface area contributed by atoms with Crippen molar-refractivity contribution in [3.8, 4) is 0 Å². The van der Waals surface area contributed by atoms with E-state index in [1.165, 1.54) is 13.3 Å². The highest BCUT2D eigenvalue weighted by Gasteiger charge is 2.18. The molecule has 0 bridgehead atoms. The molecule has 0 atom stereocenters. The lowest BCUT2D eigenvalue weighted by Crippen LogP contribution is -2.36. The summed E-state index contributed by atoms with van der Waals surface area (Å²) >= 11 is 0. The van der Waals surface area contributed by atoms with Gasteiger partial charge in [-0.15, -0.1) is 0 Å². The number of nitrogens with zero attached hydrogens (tertiary/aromatic N) is 1. The number of pyridine rings is 1. The lowest BCUT2D eigenvalue weighted by atomic mass is 9.95. The van der Waals surface area contributed by atoms with E-state index in [0.717, 1.165) is 25.7 Å². The van der Waals surface area contributed by atoms with Crippen LogP contribution in [0.1, 0.15) is 60.0 Å². The number of nitrogens with one attached hydrogen (secondary N) is 3. The zero-order chi connectivity index (χ0) is 19.9. The van der Waals surface area contributed by atoms with Crippen LogP contribution in [0.5, 0.6) is 0 Å². The van der Waals surface area contributed by atoms with E-state index < -0.39 is 5.91 Å². The highest BCUT2D eigenvalue weighted by molar-refractivity contribution is 6.04. The van der Waals surface area contributed by atoms with Crippen LogP contribution in [0, 0.1) is 0 Å². The van der Waals surface area contributed by atoms with Crippen LogP contribution in [0.25, 0.3) is 0 Å². The smallest absolute Gasteiger partial charge is 0.274 e. The molecule has 7 nitrogen and oxygen atoms in total. The predicted molar refractivity (Wildman–Crippen MR) is 107 cm³/mol. The van der Waals surface area contributed by atoms with Crippen molar-refractivity contribution in [1.29, 1.82) is 0 Å². The van der Waals surface area contributed by atoms with E-state index in [2.05, 4.69) is 20.9 Å². The number of anilines is 2. The van der Waals surface area contributed by atoms with E-state index >= 15 is 0 Å². The molecule has 0 aliphatic heterocycles. The van der Waals surface area contributed by atoms with Crippen LogP contribution in [0.15, 0.2) is 42.5 Å². The van der Waals surface area contributed by atoms with Gasteiger partial charge in [0.05, 0.1) is 0 Å². The minimum Gasteiger partial charge on any atom is -0.348 e. The van der Waals surface area contributed by atoms with Crippen molar-refractivity contribution in [1.82, 2.24) is 10.3 Å². The Morgan fingerprint density at radius 3 is 2.14 bits per heavy atom. The van der Waals surface area contributed by atoms with E-state index in [-0.39, 0.29) is 29.2 Å².